The molecule has 6 nitrogen and oxygen atoms in total. The van der Waals surface area contributed by atoms with Crippen LogP contribution < -0.4 is 0 Å². The SMILES string of the molecule is CCCCCCCC(=O)OC1C2=C(C=O)C34CC3(CC2=CC1(C)C)C(=O)OC4O. The molecule has 4 rings (SSSR count). The maximum absolute atomic E-state index is 12.5. The summed E-state index contributed by atoms with van der Waals surface area (Å²) >= 11 is 0. The van der Waals surface area contributed by atoms with Crippen molar-refractivity contribution in [2.45, 2.75) is 84.5 Å². The van der Waals surface area contributed by atoms with Crippen LogP contribution in [-0.4, -0.2) is 35.7 Å². The average molecular weight is 402 g/mol. The lowest BCUT2D eigenvalue weighted by Crippen LogP contribution is -2.36. The molecule has 0 spiro atoms. The number of carbonyl (C=O) groups is 3. The number of hydrogen-bond donors (Lipinski definition) is 1. The van der Waals surface area contributed by atoms with E-state index in [4.69, 9.17) is 9.47 Å². The first-order valence-electron chi connectivity index (χ1n) is 10.7. The molecule has 1 saturated carbocycles. The Labute approximate surface area is 171 Å². The monoisotopic (exact) mass is 402 g/mol. The molecule has 0 radical (unpaired) electrons. The lowest BCUT2D eigenvalue weighted by atomic mass is 9.73. The quantitative estimate of drug-likeness (QED) is 0.380. The molecule has 4 unspecified atom stereocenters. The fourth-order valence-corrected chi connectivity index (χ4v) is 5.71. The van der Waals surface area contributed by atoms with Gasteiger partial charge in [-0.25, -0.2) is 0 Å². The second kappa shape index (κ2) is 6.79. The Bertz CT molecular complexity index is 821. The zero-order valence-corrected chi connectivity index (χ0v) is 17.5. The van der Waals surface area contributed by atoms with Crippen LogP contribution in [0.4, 0.5) is 0 Å². The lowest BCUT2D eigenvalue weighted by Gasteiger charge is -2.32. The van der Waals surface area contributed by atoms with Crippen molar-refractivity contribution in [3.05, 3.63) is 22.8 Å². The summed E-state index contributed by atoms with van der Waals surface area (Å²) in [6.45, 7) is 6.09. The standard InChI is InChI=1S/C23H30O6/c1-4-5-6-7-8-9-16(25)28-18-17-14(10-21(18,2)3)11-22-13-23(22,15(17)12-24)20(27)29-19(22)26/h10,12,18,20,27H,4-9,11,13H2,1-3H3. The Hall–Kier alpha value is -1.95. The van der Waals surface area contributed by atoms with Crippen LogP contribution in [-0.2, 0) is 23.9 Å². The molecule has 3 aliphatic carbocycles. The highest BCUT2D eigenvalue weighted by molar-refractivity contribution is 5.95. The topological polar surface area (TPSA) is 89.9 Å². The Morgan fingerprint density at radius 2 is 2.03 bits per heavy atom. The summed E-state index contributed by atoms with van der Waals surface area (Å²) in [6.07, 6.45) is 7.25. The fourth-order valence-electron chi connectivity index (χ4n) is 5.71. The first-order valence-corrected chi connectivity index (χ1v) is 10.7. The van der Waals surface area contributed by atoms with Gasteiger partial charge in [-0.2, -0.15) is 0 Å². The number of aliphatic hydroxyl groups excluding tert-OH is 1. The van der Waals surface area contributed by atoms with Crippen LogP contribution in [0.3, 0.4) is 0 Å². The summed E-state index contributed by atoms with van der Waals surface area (Å²) in [5.74, 6) is -0.703. The summed E-state index contributed by atoms with van der Waals surface area (Å²) < 4.78 is 11.0. The van der Waals surface area contributed by atoms with Gasteiger partial charge in [-0.1, -0.05) is 52.5 Å². The maximum atomic E-state index is 12.5. The van der Waals surface area contributed by atoms with Crippen molar-refractivity contribution in [3.63, 3.8) is 0 Å². The molecule has 1 N–H and O–H groups in total. The molecule has 0 bridgehead atoms. The van der Waals surface area contributed by atoms with Gasteiger partial charge in [-0.15, -0.1) is 0 Å². The zero-order valence-electron chi connectivity index (χ0n) is 17.5. The summed E-state index contributed by atoms with van der Waals surface area (Å²) in [4.78, 5) is 37.1. The molecule has 1 heterocycles. The molecular formula is C23H30O6. The smallest absolute Gasteiger partial charge is 0.315 e. The van der Waals surface area contributed by atoms with E-state index in [2.05, 4.69) is 6.92 Å². The Kier molecular flexibility index (Phi) is 4.76. The van der Waals surface area contributed by atoms with E-state index in [1.54, 1.807) is 0 Å². The number of aliphatic hydroxyl groups is 1. The third kappa shape index (κ3) is 2.75. The maximum Gasteiger partial charge on any atom is 0.315 e. The number of carbonyl (C=O) groups excluding carboxylic acids is 3. The van der Waals surface area contributed by atoms with Crippen LogP contribution in [0.25, 0.3) is 0 Å². The Morgan fingerprint density at radius 1 is 1.31 bits per heavy atom. The van der Waals surface area contributed by atoms with Gasteiger partial charge >= 0.3 is 11.9 Å². The molecule has 4 aliphatic rings. The van der Waals surface area contributed by atoms with Crippen LogP contribution in [0.2, 0.25) is 0 Å². The molecule has 1 saturated heterocycles. The van der Waals surface area contributed by atoms with E-state index in [0.29, 0.717) is 30.4 Å². The molecule has 4 atom stereocenters. The van der Waals surface area contributed by atoms with Gasteiger partial charge in [-0.3, -0.25) is 14.4 Å². The van der Waals surface area contributed by atoms with E-state index in [9.17, 15) is 19.5 Å². The first-order chi connectivity index (χ1) is 13.7. The summed E-state index contributed by atoms with van der Waals surface area (Å²) in [6, 6.07) is 0. The molecule has 0 aromatic heterocycles. The first kappa shape index (κ1) is 20.3. The van der Waals surface area contributed by atoms with Crippen molar-refractivity contribution in [2.75, 3.05) is 0 Å². The highest BCUT2D eigenvalue weighted by Crippen LogP contribution is 2.79. The Morgan fingerprint density at radius 3 is 2.72 bits per heavy atom. The van der Waals surface area contributed by atoms with Crippen molar-refractivity contribution >= 4 is 18.2 Å². The van der Waals surface area contributed by atoms with E-state index in [1.165, 1.54) is 6.42 Å². The molecule has 2 fully saturated rings. The van der Waals surface area contributed by atoms with Gasteiger partial charge < -0.3 is 14.6 Å². The van der Waals surface area contributed by atoms with E-state index < -0.39 is 34.6 Å². The van der Waals surface area contributed by atoms with Crippen LogP contribution in [0.15, 0.2) is 22.8 Å². The molecule has 0 aromatic rings. The zero-order chi connectivity index (χ0) is 21.0. The van der Waals surface area contributed by atoms with Gasteiger partial charge in [-0.05, 0) is 24.8 Å². The second-order valence-corrected chi connectivity index (χ2v) is 9.63. The molecule has 158 valence electrons. The van der Waals surface area contributed by atoms with E-state index >= 15 is 0 Å². The van der Waals surface area contributed by atoms with Crippen LogP contribution in [0.1, 0.15) is 72.1 Å². The van der Waals surface area contributed by atoms with Crippen molar-refractivity contribution in [3.8, 4) is 0 Å². The molecule has 6 heteroatoms. The van der Waals surface area contributed by atoms with E-state index in [-0.39, 0.29) is 5.97 Å². The minimum absolute atomic E-state index is 0.267. The van der Waals surface area contributed by atoms with E-state index in [1.807, 2.05) is 19.9 Å². The van der Waals surface area contributed by atoms with Gasteiger partial charge in [0.2, 0.25) is 6.29 Å². The van der Waals surface area contributed by atoms with E-state index in [0.717, 1.165) is 37.5 Å². The molecule has 29 heavy (non-hydrogen) atoms. The van der Waals surface area contributed by atoms with Crippen molar-refractivity contribution in [1.29, 1.82) is 0 Å². The minimum Gasteiger partial charge on any atom is -0.457 e. The van der Waals surface area contributed by atoms with Crippen molar-refractivity contribution in [1.82, 2.24) is 0 Å². The lowest BCUT2D eigenvalue weighted by molar-refractivity contribution is -0.164. The normalized spacial score (nSPS) is 36.0. The average Bonchev–Trinajstić information content (AvgIpc) is 3.23. The number of esters is 2. The highest BCUT2D eigenvalue weighted by Gasteiger charge is 2.85. The largest absolute Gasteiger partial charge is 0.457 e. The summed E-state index contributed by atoms with van der Waals surface area (Å²) in [5, 5.41) is 10.4. The predicted octanol–water partition coefficient (Wildman–Crippen LogP) is 3.38. The molecule has 0 amide bonds. The van der Waals surface area contributed by atoms with Gasteiger partial charge in [0.05, 0.1) is 10.8 Å². The van der Waals surface area contributed by atoms with Crippen LogP contribution >= 0.6 is 0 Å². The summed E-state index contributed by atoms with van der Waals surface area (Å²) in [5.41, 5.74) is -0.383. The number of rotatable bonds is 8. The van der Waals surface area contributed by atoms with Gasteiger partial charge in [0, 0.05) is 23.0 Å². The van der Waals surface area contributed by atoms with Crippen LogP contribution in [0, 0.1) is 16.2 Å². The minimum atomic E-state index is -1.32. The summed E-state index contributed by atoms with van der Waals surface area (Å²) in [7, 11) is 0. The third-order valence-electron chi connectivity index (χ3n) is 7.29. The fraction of sp³-hybridized carbons (Fsp3) is 0.696. The number of aldehydes is 1. The number of hydrogen-bond acceptors (Lipinski definition) is 6. The number of fused-ring (bicyclic) bond motifs is 1. The van der Waals surface area contributed by atoms with Gasteiger partial charge in [0.1, 0.15) is 12.4 Å². The number of cyclic esters (lactones) is 1. The highest BCUT2D eigenvalue weighted by atomic mass is 16.6. The number of unbranched alkanes of at least 4 members (excludes halogenated alkanes) is 4. The molecule has 1 aliphatic heterocycles. The third-order valence-corrected chi connectivity index (χ3v) is 7.29. The van der Waals surface area contributed by atoms with Crippen LogP contribution in [0.5, 0.6) is 0 Å². The Balaban J connectivity index is 1.58. The van der Waals surface area contributed by atoms with Crippen molar-refractivity contribution < 1.29 is 29.0 Å². The van der Waals surface area contributed by atoms with Gasteiger partial charge in [0.15, 0.2) is 0 Å². The number of ether oxygens (including phenoxy) is 2. The predicted molar refractivity (Wildman–Crippen MR) is 104 cm³/mol. The molecule has 0 aromatic carbocycles. The van der Waals surface area contributed by atoms with Crippen molar-refractivity contribution in [2.24, 2.45) is 16.2 Å². The van der Waals surface area contributed by atoms with Gasteiger partial charge in [0.25, 0.3) is 0 Å². The second-order valence-electron chi connectivity index (χ2n) is 9.63. The molecular weight excluding hydrogens is 372 g/mol.